The highest BCUT2D eigenvalue weighted by molar-refractivity contribution is 4.94. The second-order valence-electron chi connectivity index (χ2n) is 4.65. The van der Waals surface area contributed by atoms with Crippen LogP contribution in [-0.2, 0) is 0 Å². The molecule has 70 valence electrons. The second kappa shape index (κ2) is 3.37. The topological polar surface area (TPSA) is 20.2 Å². The van der Waals surface area contributed by atoms with Gasteiger partial charge in [0, 0.05) is 0 Å². The molecule has 2 rings (SSSR count). The maximum absolute atomic E-state index is 10.3. The molecule has 0 radical (unpaired) electrons. The predicted octanol–water partition coefficient (Wildman–Crippen LogP) is 2.87. The van der Waals surface area contributed by atoms with Gasteiger partial charge in [-0.05, 0) is 31.6 Å². The lowest BCUT2D eigenvalue weighted by molar-refractivity contribution is -0.00720. The zero-order valence-electron chi connectivity index (χ0n) is 7.89. The Bertz CT molecular complexity index is 141. The maximum Gasteiger partial charge on any atom is 0.0675 e. The van der Waals surface area contributed by atoms with Gasteiger partial charge in [-0.2, -0.15) is 0 Å². The molecule has 0 aromatic carbocycles. The summed E-state index contributed by atoms with van der Waals surface area (Å²) in [6.45, 7) is 0. The van der Waals surface area contributed by atoms with Crippen LogP contribution in [0.2, 0.25) is 0 Å². The van der Waals surface area contributed by atoms with Crippen molar-refractivity contribution in [3.8, 4) is 0 Å². The van der Waals surface area contributed by atoms with Crippen LogP contribution in [0.4, 0.5) is 0 Å². The number of rotatable bonds is 1. The van der Waals surface area contributed by atoms with E-state index in [0.29, 0.717) is 5.92 Å². The van der Waals surface area contributed by atoms with Crippen molar-refractivity contribution in [1.82, 2.24) is 0 Å². The standard InChI is InChI=1S/C11H20O/c12-11(10-6-7-10)8-4-2-1-3-5-9-11/h10,12H,1-9H2. The highest BCUT2D eigenvalue weighted by Crippen LogP contribution is 2.45. The SMILES string of the molecule is OC1(C2CC2)CCCCCCC1. The van der Waals surface area contributed by atoms with Crippen molar-refractivity contribution in [3.05, 3.63) is 0 Å². The van der Waals surface area contributed by atoms with Crippen LogP contribution >= 0.6 is 0 Å². The molecule has 0 spiro atoms. The molecule has 2 aliphatic rings. The third kappa shape index (κ3) is 1.82. The van der Waals surface area contributed by atoms with Crippen molar-refractivity contribution in [2.45, 2.75) is 63.4 Å². The van der Waals surface area contributed by atoms with Gasteiger partial charge in [-0.15, -0.1) is 0 Å². The van der Waals surface area contributed by atoms with Crippen LogP contribution in [0.1, 0.15) is 57.8 Å². The number of aliphatic hydroxyl groups is 1. The fraction of sp³-hybridized carbons (Fsp3) is 1.00. The third-order valence-corrected chi connectivity index (χ3v) is 3.56. The number of hydrogen-bond acceptors (Lipinski definition) is 1. The predicted molar refractivity (Wildman–Crippen MR) is 50.0 cm³/mol. The first-order chi connectivity index (χ1) is 5.81. The van der Waals surface area contributed by atoms with E-state index >= 15 is 0 Å². The Balaban J connectivity index is 1.91. The Morgan fingerprint density at radius 3 is 1.83 bits per heavy atom. The molecule has 1 nitrogen and oxygen atoms in total. The van der Waals surface area contributed by atoms with Gasteiger partial charge in [0.1, 0.15) is 0 Å². The molecule has 0 aromatic rings. The summed E-state index contributed by atoms with van der Waals surface area (Å²) < 4.78 is 0. The van der Waals surface area contributed by atoms with Crippen molar-refractivity contribution < 1.29 is 5.11 Å². The van der Waals surface area contributed by atoms with Gasteiger partial charge in [0.2, 0.25) is 0 Å². The van der Waals surface area contributed by atoms with Crippen LogP contribution in [0, 0.1) is 5.92 Å². The average molecular weight is 168 g/mol. The molecule has 2 aliphatic carbocycles. The van der Waals surface area contributed by atoms with Gasteiger partial charge in [0.25, 0.3) is 0 Å². The van der Waals surface area contributed by atoms with Gasteiger partial charge >= 0.3 is 0 Å². The van der Waals surface area contributed by atoms with Crippen molar-refractivity contribution in [1.29, 1.82) is 0 Å². The van der Waals surface area contributed by atoms with Crippen LogP contribution in [-0.4, -0.2) is 10.7 Å². The Morgan fingerprint density at radius 1 is 0.833 bits per heavy atom. The molecule has 2 fully saturated rings. The molecule has 0 atom stereocenters. The van der Waals surface area contributed by atoms with Gasteiger partial charge in [-0.3, -0.25) is 0 Å². The summed E-state index contributed by atoms with van der Waals surface area (Å²) in [6.07, 6.45) is 11.3. The van der Waals surface area contributed by atoms with E-state index in [1.54, 1.807) is 0 Å². The average Bonchev–Trinajstić information content (AvgIpc) is 2.79. The highest BCUT2D eigenvalue weighted by Gasteiger charge is 2.42. The van der Waals surface area contributed by atoms with E-state index in [1.807, 2.05) is 0 Å². The van der Waals surface area contributed by atoms with Crippen LogP contribution in [0.25, 0.3) is 0 Å². The molecule has 0 aliphatic heterocycles. The van der Waals surface area contributed by atoms with Crippen LogP contribution < -0.4 is 0 Å². The first kappa shape index (κ1) is 8.55. The van der Waals surface area contributed by atoms with Gasteiger partial charge in [0.05, 0.1) is 5.60 Å². The molecule has 1 heteroatoms. The van der Waals surface area contributed by atoms with Gasteiger partial charge in [-0.25, -0.2) is 0 Å². The first-order valence-corrected chi connectivity index (χ1v) is 5.54. The summed E-state index contributed by atoms with van der Waals surface area (Å²) in [5.41, 5.74) is -0.236. The minimum atomic E-state index is -0.236. The van der Waals surface area contributed by atoms with Gasteiger partial charge in [0.15, 0.2) is 0 Å². The van der Waals surface area contributed by atoms with E-state index in [2.05, 4.69) is 0 Å². The molecular formula is C11H20O. The normalized spacial score (nSPS) is 30.8. The summed E-state index contributed by atoms with van der Waals surface area (Å²) in [4.78, 5) is 0. The zero-order chi connectivity index (χ0) is 8.44. The highest BCUT2D eigenvalue weighted by atomic mass is 16.3. The molecule has 1 N–H and O–H groups in total. The van der Waals surface area contributed by atoms with Gasteiger partial charge < -0.3 is 5.11 Å². The molecule has 0 bridgehead atoms. The molecular weight excluding hydrogens is 148 g/mol. The minimum Gasteiger partial charge on any atom is -0.390 e. The number of hydrogen-bond donors (Lipinski definition) is 1. The molecule has 0 unspecified atom stereocenters. The monoisotopic (exact) mass is 168 g/mol. The second-order valence-corrected chi connectivity index (χ2v) is 4.65. The Kier molecular flexibility index (Phi) is 2.40. The fourth-order valence-electron chi connectivity index (χ4n) is 2.55. The molecule has 0 saturated heterocycles. The van der Waals surface area contributed by atoms with Crippen LogP contribution in [0.5, 0.6) is 0 Å². The zero-order valence-corrected chi connectivity index (χ0v) is 7.89. The van der Waals surface area contributed by atoms with E-state index in [-0.39, 0.29) is 5.60 Å². The lowest BCUT2D eigenvalue weighted by Crippen LogP contribution is -2.31. The quantitative estimate of drug-likeness (QED) is 0.638. The summed E-state index contributed by atoms with van der Waals surface area (Å²) in [5.74, 6) is 0.676. The first-order valence-electron chi connectivity index (χ1n) is 5.54. The Labute approximate surface area is 75.2 Å². The lowest BCUT2D eigenvalue weighted by atomic mass is 9.83. The van der Waals surface area contributed by atoms with Crippen molar-refractivity contribution in [2.24, 2.45) is 5.92 Å². The van der Waals surface area contributed by atoms with Crippen molar-refractivity contribution in [3.63, 3.8) is 0 Å². The fourth-order valence-corrected chi connectivity index (χ4v) is 2.55. The summed E-state index contributed by atoms with van der Waals surface area (Å²) in [5, 5.41) is 10.3. The van der Waals surface area contributed by atoms with Crippen molar-refractivity contribution in [2.75, 3.05) is 0 Å². The summed E-state index contributed by atoms with van der Waals surface area (Å²) >= 11 is 0. The van der Waals surface area contributed by atoms with Crippen LogP contribution in [0.3, 0.4) is 0 Å². The molecule has 0 amide bonds. The van der Waals surface area contributed by atoms with E-state index < -0.39 is 0 Å². The van der Waals surface area contributed by atoms with E-state index in [0.717, 1.165) is 12.8 Å². The van der Waals surface area contributed by atoms with E-state index in [1.165, 1.54) is 44.9 Å². The minimum absolute atomic E-state index is 0.236. The smallest absolute Gasteiger partial charge is 0.0675 e. The van der Waals surface area contributed by atoms with E-state index in [9.17, 15) is 5.11 Å². The Morgan fingerprint density at radius 2 is 1.33 bits per heavy atom. The van der Waals surface area contributed by atoms with Crippen LogP contribution in [0.15, 0.2) is 0 Å². The van der Waals surface area contributed by atoms with Crippen molar-refractivity contribution >= 4 is 0 Å². The lowest BCUT2D eigenvalue weighted by Gasteiger charge is -2.30. The molecule has 0 aromatic heterocycles. The maximum atomic E-state index is 10.3. The molecule has 2 saturated carbocycles. The summed E-state index contributed by atoms with van der Waals surface area (Å²) in [7, 11) is 0. The third-order valence-electron chi connectivity index (χ3n) is 3.56. The molecule has 12 heavy (non-hydrogen) atoms. The van der Waals surface area contributed by atoms with E-state index in [4.69, 9.17) is 0 Å². The molecule has 0 heterocycles. The van der Waals surface area contributed by atoms with Gasteiger partial charge in [-0.1, -0.05) is 32.1 Å². The summed E-state index contributed by atoms with van der Waals surface area (Å²) in [6, 6.07) is 0. The Hall–Kier alpha value is -0.0400. The largest absolute Gasteiger partial charge is 0.390 e.